The van der Waals surface area contributed by atoms with Crippen molar-refractivity contribution in [2.75, 3.05) is 45.9 Å². The molecule has 1 saturated heterocycles. The van der Waals surface area contributed by atoms with Crippen LogP contribution in [-0.2, 0) is 14.9 Å². The van der Waals surface area contributed by atoms with Gasteiger partial charge in [0.2, 0.25) is 0 Å². The van der Waals surface area contributed by atoms with E-state index in [1.165, 1.54) is 4.31 Å². The van der Waals surface area contributed by atoms with Crippen LogP contribution in [0, 0.1) is 0 Å². The van der Waals surface area contributed by atoms with Crippen LogP contribution >= 0.6 is 0 Å². The summed E-state index contributed by atoms with van der Waals surface area (Å²) >= 11 is 0. The van der Waals surface area contributed by atoms with Crippen molar-refractivity contribution in [1.29, 1.82) is 0 Å². The summed E-state index contributed by atoms with van der Waals surface area (Å²) in [5.74, 6) is 0. The fourth-order valence-corrected chi connectivity index (χ4v) is 4.53. The van der Waals surface area contributed by atoms with Crippen molar-refractivity contribution < 1.29 is 13.2 Å². The number of ether oxygens (including phenoxy) is 1. The van der Waals surface area contributed by atoms with E-state index in [0.29, 0.717) is 32.8 Å². The summed E-state index contributed by atoms with van der Waals surface area (Å²) in [7, 11) is -3.39. The molecule has 126 valence electrons. The molecule has 0 aromatic heterocycles. The molecule has 0 spiro atoms. The molecule has 1 atom stereocenters. The summed E-state index contributed by atoms with van der Waals surface area (Å²) in [4.78, 5) is 0. The highest BCUT2D eigenvalue weighted by molar-refractivity contribution is 7.86. The van der Waals surface area contributed by atoms with Crippen LogP contribution in [0.5, 0.6) is 0 Å². The SMILES string of the molecule is CCNCC1CCCCN1S(=O)(=O)N(CC)CCOCC. The summed E-state index contributed by atoms with van der Waals surface area (Å²) in [6, 6.07) is 0.0739. The zero-order valence-electron chi connectivity index (χ0n) is 13.7. The van der Waals surface area contributed by atoms with E-state index >= 15 is 0 Å². The molecule has 0 aliphatic carbocycles. The molecule has 1 N–H and O–H groups in total. The fourth-order valence-electron chi connectivity index (χ4n) is 2.69. The molecule has 0 aromatic rings. The first-order valence-electron chi connectivity index (χ1n) is 8.13. The van der Waals surface area contributed by atoms with Crippen molar-refractivity contribution in [1.82, 2.24) is 13.9 Å². The monoisotopic (exact) mass is 321 g/mol. The van der Waals surface area contributed by atoms with E-state index in [2.05, 4.69) is 5.32 Å². The van der Waals surface area contributed by atoms with Gasteiger partial charge in [-0.15, -0.1) is 0 Å². The Hall–Kier alpha value is -0.210. The molecule has 1 aliphatic rings. The molecule has 0 saturated carbocycles. The lowest BCUT2D eigenvalue weighted by atomic mass is 10.1. The lowest BCUT2D eigenvalue weighted by Crippen LogP contribution is -2.54. The number of rotatable bonds is 10. The minimum Gasteiger partial charge on any atom is -0.380 e. The second-order valence-corrected chi connectivity index (χ2v) is 7.15. The van der Waals surface area contributed by atoms with Crippen LogP contribution in [0.4, 0.5) is 0 Å². The highest BCUT2D eigenvalue weighted by Crippen LogP contribution is 2.22. The standard InChI is InChI=1S/C14H31N3O3S/c1-4-15-13-14-9-7-8-10-17(14)21(18,19)16(5-2)11-12-20-6-3/h14-15H,4-13H2,1-3H3. The van der Waals surface area contributed by atoms with E-state index in [1.54, 1.807) is 4.31 Å². The van der Waals surface area contributed by atoms with Gasteiger partial charge >= 0.3 is 0 Å². The third kappa shape index (κ3) is 5.49. The minimum atomic E-state index is -3.39. The average molecular weight is 321 g/mol. The lowest BCUT2D eigenvalue weighted by molar-refractivity contribution is 0.131. The largest absolute Gasteiger partial charge is 0.380 e. The lowest BCUT2D eigenvalue weighted by Gasteiger charge is -2.37. The van der Waals surface area contributed by atoms with Crippen LogP contribution < -0.4 is 5.32 Å². The van der Waals surface area contributed by atoms with Crippen LogP contribution in [0.25, 0.3) is 0 Å². The number of hydrogen-bond acceptors (Lipinski definition) is 4. The predicted octanol–water partition coefficient (Wildman–Crippen LogP) is 1.05. The number of likely N-dealkylation sites (N-methyl/N-ethyl adjacent to an activating group) is 2. The summed E-state index contributed by atoms with van der Waals surface area (Å²) in [6.45, 7) is 10.1. The first kappa shape index (κ1) is 18.8. The molecular formula is C14H31N3O3S. The Labute approximate surface area is 130 Å². The van der Waals surface area contributed by atoms with Gasteiger partial charge in [-0.3, -0.25) is 0 Å². The van der Waals surface area contributed by atoms with Crippen molar-refractivity contribution in [3.8, 4) is 0 Å². The van der Waals surface area contributed by atoms with Gasteiger partial charge in [0.05, 0.1) is 6.61 Å². The maximum absolute atomic E-state index is 12.9. The van der Waals surface area contributed by atoms with E-state index in [1.807, 2.05) is 20.8 Å². The third-order valence-corrected chi connectivity index (χ3v) is 6.03. The number of nitrogens with zero attached hydrogens (tertiary/aromatic N) is 2. The first-order valence-corrected chi connectivity index (χ1v) is 9.52. The van der Waals surface area contributed by atoms with Crippen LogP contribution in [0.15, 0.2) is 0 Å². The summed E-state index contributed by atoms with van der Waals surface area (Å²) in [6.07, 6.45) is 2.99. The van der Waals surface area contributed by atoms with Gasteiger partial charge < -0.3 is 10.1 Å². The molecular weight excluding hydrogens is 290 g/mol. The van der Waals surface area contributed by atoms with Crippen molar-refractivity contribution in [2.24, 2.45) is 0 Å². The van der Waals surface area contributed by atoms with Crippen molar-refractivity contribution in [3.63, 3.8) is 0 Å². The van der Waals surface area contributed by atoms with Crippen molar-refractivity contribution >= 4 is 10.2 Å². The average Bonchev–Trinajstić information content (AvgIpc) is 2.49. The molecule has 1 heterocycles. The summed E-state index contributed by atoms with van der Waals surface area (Å²) < 4.78 is 34.2. The fraction of sp³-hybridized carbons (Fsp3) is 1.00. The molecule has 21 heavy (non-hydrogen) atoms. The highest BCUT2D eigenvalue weighted by Gasteiger charge is 2.35. The van der Waals surface area contributed by atoms with Gasteiger partial charge in [0.1, 0.15) is 0 Å². The Morgan fingerprint density at radius 3 is 2.67 bits per heavy atom. The van der Waals surface area contributed by atoms with E-state index in [-0.39, 0.29) is 6.04 Å². The third-order valence-electron chi connectivity index (χ3n) is 3.87. The van der Waals surface area contributed by atoms with Gasteiger partial charge in [0, 0.05) is 38.8 Å². The van der Waals surface area contributed by atoms with Gasteiger partial charge in [-0.1, -0.05) is 20.3 Å². The van der Waals surface area contributed by atoms with Crippen LogP contribution in [0.2, 0.25) is 0 Å². The zero-order chi connectivity index (χ0) is 15.7. The molecule has 0 radical (unpaired) electrons. The Kier molecular flexibility index (Phi) is 8.73. The topological polar surface area (TPSA) is 61.9 Å². The summed E-state index contributed by atoms with van der Waals surface area (Å²) in [5.41, 5.74) is 0. The van der Waals surface area contributed by atoms with E-state index < -0.39 is 10.2 Å². The van der Waals surface area contributed by atoms with Crippen LogP contribution in [0.1, 0.15) is 40.0 Å². The first-order chi connectivity index (χ1) is 10.1. The molecule has 0 bridgehead atoms. The van der Waals surface area contributed by atoms with E-state index in [0.717, 1.165) is 32.4 Å². The molecule has 7 heteroatoms. The molecule has 6 nitrogen and oxygen atoms in total. The second-order valence-electron chi connectivity index (χ2n) is 5.26. The Morgan fingerprint density at radius 2 is 2.05 bits per heavy atom. The van der Waals surface area contributed by atoms with Crippen molar-refractivity contribution in [2.45, 2.75) is 46.1 Å². The Balaban J connectivity index is 2.74. The molecule has 0 aromatic carbocycles. The van der Waals surface area contributed by atoms with E-state index in [9.17, 15) is 8.42 Å². The number of nitrogens with one attached hydrogen (secondary N) is 1. The van der Waals surface area contributed by atoms with Gasteiger partial charge in [-0.25, -0.2) is 0 Å². The molecule has 0 amide bonds. The van der Waals surface area contributed by atoms with Gasteiger partial charge in [-0.2, -0.15) is 17.0 Å². The number of piperidine rings is 1. The minimum absolute atomic E-state index is 0.0739. The zero-order valence-corrected chi connectivity index (χ0v) is 14.5. The van der Waals surface area contributed by atoms with Gasteiger partial charge in [0.25, 0.3) is 10.2 Å². The maximum atomic E-state index is 12.9. The Bertz CT molecular complexity index is 376. The Morgan fingerprint density at radius 1 is 1.29 bits per heavy atom. The van der Waals surface area contributed by atoms with E-state index in [4.69, 9.17) is 4.74 Å². The van der Waals surface area contributed by atoms with Crippen LogP contribution in [-0.4, -0.2) is 69.0 Å². The number of hydrogen-bond donors (Lipinski definition) is 1. The smallest absolute Gasteiger partial charge is 0.282 e. The maximum Gasteiger partial charge on any atom is 0.282 e. The molecule has 1 rings (SSSR count). The predicted molar refractivity (Wildman–Crippen MR) is 85.5 cm³/mol. The molecule has 1 aliphatic heterocycles. The molecule has 1 fully saturated rings. The second kappa shape index (κ2) is 9.74. The van der Waals surface area contributed by atoms with Crippen LogP contribution in [0.3, 0.4) is 0 Å². The molecule has 1 unspecified atom stereocenters. The quantitative estimate of drug-likeness (QED) is 0.611. The highest BCUT2D eigenvalue weighted by atomic mass is 32.2. The summed E-state index contributed by atoms with van der Waals surface area (Å²) in [5, 5.41) is 3.28. The van der Waals surface area contributed by atoms with Crippen molar-refractivity contribution in [3.05, 3.63) is 0 Å². The van der Waals surface area contributed by atoms with Gasteiger partial charge in [0.15, 0.2) is 0 Å². The normalized spacial score (nSPS) is 21.0. The van der Waals surface area contributed by atoms with Gasteiger partial charge in [-0.05, 0) is 26.3 Å².